The van der Waals surface area contributed by atoms with E-state index in [9.17, 15) is 14.4 Å². The predicted molar refractivity (Wildman–Crippen MR) is 74.7 cm³/mol. The van der Waals surface area contributed by atoms with Crippen molar-refractivity contribution in [1.82, 2.24) is 5.32 Å². The van der Waals surface area contributed by atoms with Gasteiger partial charge in [0.1, 0.15) is 11.8 Å². The van der Waals surface area contributed by atoms with Crippen molar-refractivity contribution in [1.29, 1.82) is 0 Å². The zero-order chi connectivity index (χ0) is 15.8. The summed E-state index contributed by atoms with van der Waals surface area (Å²) in [6.45, 7) is 2.06. The maximum Gasteiger partial charge on any atom is 0.326 e. The van der Waals surface area contributed by atoms with Crippen LogP contribution in [-0.4, -0.2) is 35.5 Å². The van der Waals surface area contributed by atoms with Crippen LogP contribution in [0.3, 0.4) is 0 Å². The van der Waals surface area contributed by atoms with Crippen molar-refractivity contribution >= 4 is 17.8 Å². The molecule has 4 N–H and O–H groups in total. The predicted octanol–water partition coefficient (Wildman–Crippen LogP) is 0.209. The first-order valence-corrected chi connectivity index (χ1v) is 6.38. The van der Waals surface area contributed by atoms with Crippen molar-refractivity contribution in [2.45, 2.75) is 25.8 Å². The molecule has 7 heteroatoms. The minimum Gasteiger partial charge on any atom is -0.493 e. The molecule has 0 saturated carbocycles. The van der Waals surface area contributed by atoms with Gasteiger partial charge in [-0.05, 0) is 19.1 Å². The molecule has 0 aliphatic rings. The molecule has 0 aromatic heterocycles. The normalized spacial score (nSPS) is 11.5. The maximum absolute atomic E-state index is 11.6. The Labute approximate surface area is 122 Å². The SMILES string of the molecule is Cc1ccc(OCCC(=O)N[C@@H](CC(N)=O)C(=O)O)cc1. The smallest absolute Gasteiger partial charge is 0.326 e. The summed E-state index contributed by atoms with van der Waals surface area (Å²) in [4.78, 5) is 33.1. The van der Waals surface area contributed by atoms with E-state index in [2.05, 4.69) is 5.32 Å². The summed E-state index contributed by atoms with van der Waals surface area (Å²) >= 11 is 0. The summed E-state index contributed by atoms with van der Waals surface area (Å²) in [5.74, 6) is -1.99. The van der Waals surface area contributed by atoms with Crippen LogP contribution in [-0.2, 0) is 14.4 Å². The monoisotopic (exact) mass is 294 g/mol. The van der Waals surface area contributed by atoms with E-state index in [4.69, 9.17) is 15.6 Å². The molecule has 1 rings (SSSR count). The van der Waals surface area contributed by atoms with Crippen LogP contribution < -0.4 is 15.8 Å². The van der Waals surface area contributed by atoms with Crippen molar-refractivity contribution in [3.63, 3.8) is 0 Å². The van der Waals surface area contributed by atoms with Gasteiger partial charge in [0.15, 0.2) is 0 Å². The van der Waals surface area contributed by atoms with E-state index in [0.29, 0.717) is 5.75 Å². The highest BCUT2D eigenvalue weighted by molar-refractivity contribution is 5.88. The van der Waals surface area contributed by atoms with Gasteiger partial charge in [0.2, 0.25) is 11.8 Å². The first-order chi connectivity index (χ1) is 9.88. The average Bonchev–Trinajstić information content (AvgIpc) is 2.39. The number of aryl methyl sites for hydroxylation is 1. The Morgan fingerprint density at radius 2 is 1.90 bits per heavy atom. The molecule has 7 nitrogen and oxygen atoms in total. The molecule has 0 unspecified atom stereocenters. The molecule has 0 fully saturated rings. The summed E-state index contributed by atoms with van der Waals surface area (Å²) in [5, 5.41) is 11.1. The maximum atomic E-state index is 11.6. The molecule has 21 heavy (non-hydrogen) atoms. The lowest BCUT2D eigenvalue weighted by molar-refractivity contribution is -0.143. The van der Waals surface area contributed by atoms with Gasteiger partial charge in [0, 0.05) is 0 Å². The molecule has 0 spiro atoms. The lowest BCUT2D eigenvalue weighted by Crippen LogP contribution is -2.43. The Hall–Kier alpha value is -2.57. The van der Waals surface area contributed by atoms with Crippen LogP contribution in [0.4, 0.5) is 0 Å². The van der Waals surface area contributed by atoms with Gasteiger partial charge in [0.05, 0.1) is 19.4 Å². The molecular formula is C14H18N2O5. The molecule has 0 aliphatic heterocycles. The topological polar surface area (TPSA) is 119 Å². The number of primary amides is 1. The van der Waals surface area contributed by atoms with Crippen LogP contribution in [0.1, 0.15) is 18.4 Å². The molecule has 1 aromatic carbocycles. The van der Waals surface area contributed by atoms with Gasteiger partial charge < -0.3 is 20.9 Å². The molecule has 114 valence electrons. The van der Waals surface area contributed by atoms with Gasteiger partial charge >= 0.3 is 5.97 Å². The second-order valence-corrected chi connectivity index (χ2v) is 4.54. The molecular weight excluding hydrogens is 276 g/mol. The van der Waals surface area contributed by atoms with Crippen LogP contribution in [0.15, 0.2) is 24.3 Å². The molecule has 0 saturated heterocycles. The number of benzene rings is 1. The number of nitrogens with two attached hydrogens (primary N) is 1. The highest BCUT2D eigenvalue weighted by Crippen LogP contribution is 2.11. The van der Waals surface area contributed by atoms with E-state index in [1.54, 1.807) is 12.1 Å². The number of rotatable bonds is 8. The van der Waals surface area contributed by atoms with Crippen LogP contribution in [0.5, 0.6) is 5.75 Å². The summed E-state index contributed by atoms with van der Waals surface area (Å²) in [6, 6.07) is 6.00. The minimum atomic E-state index is -1.31. The van der Waals surface area contributed by atoms with Crippen LogP contribution >= 0.6 is 0 Å². The number of carboxylic acid groups (broad SMARTS) is 1. The summed E-state index contributed by atoms with van der Waals surface area (Å²) < 4.78 is 5.35. The number of aliphatic carboxylic acids is 1. The summed E-state index contributed by atoms with van der Waals surface area (Å²) in [6.07, 6.45) is -0.462. The largest absolute Gasteiger partial charge is 0.493 e. The Morgan fingerprint density at radius 1 is 1.29 bits per heavy atom. The second kappa shape index (κ2) is 7.88. The third kappa shape index (κ3) is 6.42. The second-order valence-electron chi connectivity index (χ2n) is 4.54. The minimum absolute atomic E-state index is 0.0174. The highest BCUT2D eigenvalue weighted by Gasteiger charge is 2.21. The number of hydrogen-bond donors (Lipinski definition) is 3. The summed E-state index contributed by atoms with van der Waals surface area (Å²) in [7, 11) is 0. The first kappa shape index (κ1) is 16.5. The van der Waals surface area contributed by atoms with Crippen molar-refractivity contribution in [3.05, 3.63) is 29.8 Å². The number of amides is 2. The number of hydrogen-bond acceptors (Lipinski definition) is 4. The molecule has 0 aliphatic carbocycles. The molecule has 2 amide bonds. The van der Waals surface area contributed by atoms with Crippen molar-refractivity contribution in [3.8, 4) is 5.75 Å². The molecule has 0 bridgehead atoms. The lowest BCUT2D eigenvalue weighted by Gasteiger charge is -2.13. The number of carbonyl (C=O) groups excluding carboxylic acids is 2. The van der Waals surface area contributed by atoms with Crippen molar-refractivity contribution in [2.24, 2.45) is 5.73 Å². The van der Waals surface area contributed by atoms with Gasteiger partial charge in [-0.25, -0.2) is 4.79 Å². The zero-order valence-electron chi connectivity index (χ0n) is 11.7. The fraction of sp³-hybridized carbons (Fsp3) is 0.357. The average molecular weight is 294 g/mol. The van der Waals surface area contributed by atoms with E-state index >= 15 is 0 Å². The van der Waals surface area contributed by atoms with Gasteiger partial charge in [-0.2, -0.15) is 0 Å². The number of nitrogens with one attached hydrogen (secondary N) is 1. The third-order valence-corrected chi connectivity index (χ3v) is 2.66. The van der Waals surface area contributed by atoms with E-state index in [0.717, 1.165) is 5.56 Å². The third-order valence-electron chi connectivity index (χ3n) is 2.66. The molecule has 1 atom stereocenters. The van der Waals surface area contributed by atoms with E-state index in [1.165, 1.54) is 0 Å². The van der Waals surface area contributed by atoms with Crippen molar-refractivity contribution in [2.75, 3.05) is 6.61 Å². The molecule has 0 radical (unpaired) electrons. The van der Waals surface area contributed by atoms with Gasteiger partial charge in [-0.1, -0.05) is 17.7 Å². The Bertz CT molecular complexity index is 513. The van der Waals surface area contributed by atoms with Crippen LogP contribution in [0.25, 0.3) is 0 Å². The first-order valence-electron chi connectivity index (χ1n) is 6.38. The van der Waals surface area contributed by atoms with Crippen LogP contribution in [0, 0.1) is 6.92 Å². The lowest BCUT2D eigenvalue weighted by atomic mass is 10.2. The zero-order valence-corrected chi connectivity index (χ0v) is 11.7. The fourth-order valence-corrected chi connectivity index (χ4v) is 1.56. The van der Waals surface area contributed by atoms with Gasteiger partial charge in [0.25, 0.3) is 0 Å². The number of carbonyl (C=O) groups is 3. The number of carboxylic acids is 1. The molecule has 1 aromatic rings. The summed E-state index contributed by atoms with van der Waals surface area (Å²) in [5.41, 5.74) is 6.01. The van der Waals surface area contributed by atoms with Gasteiger partial charge in [-0.3, -0.25) is 9.59 Å². The Kier molecular flexibility index (Phi) is 6.19. The number of ether oxygens (including phenoxy) is 1. The fourth-order valence-electron chi connectivity index (χ4n) is 1.56. The Morgan fingerprint density at radius 3 is 2.43 bits per heavy atom. The quantitative estimate of drug-likeness (QED) is 0.633. The van der Waals surface area contributed by atoms with Crippen molar-refractivity contribution < 1.29 is 24.2 Å². The highest BCUT2D eigenvalue weighted by atomic mass is 16.5. The standard InChI is InChI=1S/C14H18N2O5/c1-9-2-4-10(5-3-9)21-7-6-13(18)16-11(14(19)20)8-12(15)17/h2-5,11H,6-8H2,1H3,(H2,15,17)(H,16,18)(H,19,20)/t11-/m0/s1. The van der Waals surface area contributed by atoms with E-state index < -0.39 is 30.2 Å². The van der Waals surface area contributed by atoms with Gasteiger partial charge in [-0.15, -0.1) is 0 Å². The Balaban J connectivity index is 2.37. The van der Waals surface area contributed by atoms with Crippen LogP contribution in [0.2, 0.25) is 0 Å². The van der Waals surface area contributed by atoms with E-state index in [1.807, 2.05) is 19.1 Å². The molecule has 0 heterocycles. The van der Waals surface area contributed by atoms with E-state index in [-0.39, 0.29) is 13.0 Å².